The number of nitrogens with zero attached hydrogens (tertiary/aromatic N) is 4. The van der Waals surface area contributed by atoms with Crippen LogP contribution in [0.1, 0.15) is 54.6 Å². The van der Waals surface area contributed by atoms with Crippen LogP contribution in [0, 0.1) is 0 Å². The van der Waals surface area contributed by atoms with Gasteiger partial charge in [-0.1, -0.05) is 12.1 Å². The summed E-state index contributed by atoms with van der Waals surface area (Å²) in [5.41, 5.74) is 1.37. The normalized spacial score (nSPS) is 25.5. The Kier molecular flexibility index (Phi) is 4.34. The van der Waals surface area contributed by atoms with E-state index in [1.165, 1.54) is 0 Å². The van der Waals surface area contributed by atoms with Gasteiger partial charge in [0.1, 0.15) is 12.2 Å². The fourth-order valence-electron chi connectivity index (χ4n) is 5.16. The zero-order valence-electron chi connectivity index (χ0n) is 17.0. The SMILES string of the molecule is C[C@]12CCC(=O)N1c1ccccc1C(=O)N2CC(=O)N1CCC[C@H]1c1ccncc1. The highest BCUT2D eigenvalue weighted by Crippen LogP contribution is 2.44. The van der Waals surface area contributed by atoms with Crippen LogP contribution in [0.4, 0.5) is 5.69 Å². The lowest BCUT2D eigenvalue weighted by atomic mass is 9.98. The predicted molar refractivity (Wildman–Crippen MR) is 111 cm³/mol. The minimum atomic E-state index is -0.815. The van der Waals surface area contributed by atoms with Crippen LogP contribution < -0.4 is 4.90 Å². The van der Waals surface area contributed by atoms with E-state index in [1.54, 1.807) is 34.3 Å². The van der Waals surface area contributed by atoms with Gasteiger partial charge in [-0.25, -0.2) is 0 Å². The fraction of sp³-hybridized carbons (Fsp3) is 0.391. The van der Waals surface area contributed by atoms with Crippen LogP contribution in [0.5, 0.6) is 0 Å². The Balaban J connectivity index is 1.46. The van der Waals surface area contributed by atoms with Crippen molar-refractivity contribution in [3.05, 3.63) is 59.9 Å². The number of pyridine rings is 1. The molecular formula is C23H24N4O3. The van der Waals surface area contributed by atoms with Crippen molar-refractivity contribution in [3.63, 3.8) is 0 Å². The summed E-state index contributed by atoms with van der Waals surface area (Å²) in [5, 5.41) is 0. The molecule has 0 spiro atoms. The van der Waals surface area contributed by atoms with Crippen molar-refractivity contribution < 1.29 is 14.4 Å². The summed E-state index contributed by atoms with van der Waals surface area (Å²) < 4.78 is 0. The van der Waals surface area contributed by atoms with Crippen molar-refractivity contribution >= 4 is 23.4 Å². The van der Waals surface area contributed by atoms with Crippen molar-refractivity contribution in [1.29, 1.82) is 0 Å². The van der Waals surface area contributed by atoms with Gasteiger partial charge in [0.2, 0.25) is 11.8 Å². The first-order chi connectivity index (χ1) is 14.5. The molecule has 5 rings (SSSR count). The van der Waals surface area contributed by atoms with Crippen LogP contribution in [0.15, 0.2) is 48.8 Å². The van der Waals surface area contributed by atoms with E-state index in [0.29, 0.717) is 30.6 Å². The fourth-order valence-corrected chi connectivity index (χ4v) is 5.16. The number of carbonyl (C=O) groups excluding carboxylic acids is 3. The minimum absolute atomic E-state index is 0.00166. The molecule has 0 unspecified atom stereocenters. The van der Waals surface area contributed by atoms with E-state index in [2.05, 4.69) is 4.98 Å². The van der Waals surface area contributed by atoms with Crippen molar-refractivity contribution in [3.8, 4) is 0 Å². The summed E-state index contributed by atoms with van der Waals surface area (Å²) >= 11 is 0. The maximum absolute atomic E-state index is 13.4. The number of rotatable bonds is 3. The van der Waals surface area contributed by atoms with Gasteiger partial charge in [0.05, 0.1) is 17.3 Å². The van der Waals surface area contributed by atoms with E-state index in [0.717, 1.165) is 18.4 Å². The molecule has 7 heteroatoms. The third kappa shape index (κ3) is 2.72. The van der Waals surface area contributed by atoms with Gasteiger partial charge in [0.25, 0.3) is 5.91 Å². The molecular weight excluding hydrogens is 380 g/mol. The van der Waals surface area contributed by atoms with Crippen molar-refractivity contribution in [2.75, 3.05) is 18.0 Å². The monoisotopic (exact) mass is 404 g/mol. The van der Waals surface area contributed by atoms with E-state index in [1.807, 2.05) is 36.1 Å². The molecule has 0 aliphatic carbocycles. The molecule has 1 aromatic heterocycles. The number of amides is 3. The summed E-state index contributed by atoms with van der Waals surface area (Å²) in [6.07, 6.45) is 6.19. The molecule has 3 aliphatic heterocycles. The second kappa shape index (κ2) is 6.93. The molecule has 154 valence electrons. The van der Waals surface area contributed by atoms with Gasteiger partial charge in [0.15, 0.2) is 0 Å². The highest BCUT2D eigenvalue weighted by Gasteiger charge is 2.53. The number of carbonyl (C=O) groups is 3. The average Bonchev–Trinajstić information content (AvgIpc) is 3.37. The van der Waals surface area contributed by atoms with Gasteiger partial charge in [-0.05, 0) is 56.0 Å². The van der Waals surface area contributed by atoms with Crippen molar-refractivity contribution in [1.82, 2.24) is 14.8 Å². The third-order valence-corrected chi connectivity index (χ3v) is 6.70. The summed E-state index contributed by atoms with van der Waals surface area (Å²) in [5.74, 6) is -0.277. The molecule has 3 amide bonds. The summed E-state index contributed by atoms with van der Waals surface area (Å²) in [7, 11) is 0. The molecule has 7 nitrogen and oxygen atoms in total. The number of anilines is 1. The molecule has 2 aromatic rings. The van der Waals surface area contributed by atoms with Crippen LogP contribution in [0.2, 0.25) is 0 Å². The summed E-state index contributed by atoms with van der Waals surface area (Å²) in [6.45, 7) is 2.53. The number of benzene rings is 1. The number of likely N-dealkylation sites (tertiary alicyclic amines) is 1. The number of fused-ring (bicyclic) bond motifs is 3. The van der Waals surface area contributed by atoms with Gasteiger partial charge >= 0.3 is 0 Å². The van der Waals surface area contributed by atoms with E-state index in [4.69, 9.17) is 0 Å². The Morgan fingerprint density at radius 3 is 2.73 bits per heavy atom. The maximum atomic E-state index is 13.4. The zero-order chi connectivity index (χ0) is 20.9. The molecule has 0 N–H and O–H groups in total. The van der Waals surface area contributed by atoms with Crippen LogP contribution in [0.25, 0.3) is 0 Å². The molecule has 4 heterocycles. The first-order valence-electron chi connectivity index (χ1n) is 10.4. The van der Waals surface area contributed by atoms with E-state index in [-0.39, 0.29) is 30.3 Å². The van der Waals surface area contributed by atoms with Gasteiger partial charge in [-0.2, -0.15) is 0 Å². The van der Waals surface area contributed by atoms with E-state index >= 15 is 0 Å². The Hall–Kier alpha value is -3.22. The lowest BCUT2D eigenvalue weighted by molar-refractivity contribution is -0.134. The average molecular weight is 404 g/mol. The number of hydrogen-bond acceptors (Lipinski definition) is 4. The molecule has 30 heavy (non-hydrogen) atoms. The molecule has 0 radical (unpaired) electrons. The van der Waals surface area contributed by atoms with Crippen LogP contribution in [-0.4, -0.2) is 51.3 Å². The van der Waals surface area contributed by atoms with Gasteiger partial charge in [-0.3, -0.25) is 24.3 Å². The second-order valence-electron chi connectivity index (χ2n) is 8.38. The summed E-state index contributed by atoms with van der Waals surface area (Å²) in [4.78, 5) is 48.7. The lowest BCUT2D eigenvalue weighted by Gasteiger charge is -2.48. The van der Waals surface area contributed by atoms with Crippen molar-refractivity contribution in [2.24, 2.45) is 0 Å². The lowest BCUT2D eigenvalue weighted by Crippen LogP contribution is -2.64. The highest BCUT2D eigenvalue weighted by molar-refractivity contribution is 6.11. The highest BCUT2D eigenvalue weighted by atomic mass is 16.2. The van der Waals surface area contributed by atoms with Crippen molar-refractivity contribution in [2.45, 2.75) is 44.3 Å². The summed E-state index contributed by atoms with van der Waals surface area (Å²) in [6, 6.07) is 11.1. The first kappa shape index (κ1) is 18.8. The van der Waals surface area contributed by atoms with Gasteiger partial charge < -0.3 is 9.80 Å². The molecule has 3 aliphatic rings. The standard InChI is InChI=1S/C23H24N4O3/c1-23-11-8-20(28)27(23)19-6-3-2-5-17(19)22(30)26(23)15-21(29)25-14-4-7-18(25)16-9-12-24-13-10-16/h2-3,5-6,9-10,12-13,18H,4,7-8,11,14-15H2,1H3/t18-,23+/m0/s1. The van der Waals surface area contributed by atoms with E-state index in [9.17, 15) is 14.4 Å². The number of hydrogen-bond donors (Lipinski definition) is 0. The van der Waals surface area contributed by atoms with Gasteiger partial charge in [-0.15, -0.1) is 0 Å². The van der Waals surface area contributed by atoms with E-state index < -0.39 is 5.66 Å². The zero-order valence-corrected chi connectivity index (χ0v) is 17.0. The Labute approximate surface area is 175 Å². The molecule has 0 bridgehead atoms. The third-order valence-electron chi connectivity index (χ3n) is 6.70. The molecule has 1 aromatic carbocycles. The van der Waals surface area contributed by atoms with Crippen LogP contribution >= 0.6 is 0 Å². The topological polar surface area (TPSA) is 73.8 Å². The second-order valence-corrected chi connectivity index (χ2v) is 8.38. The Morgan fingerprint density at radius 2 is 1.93 bits per heavy atom. The maximum Gasteiger partial charge on any atom is 0.258 e. The largest absolute Gasteiger partial charge is 0.334 e. The number of aromatic nitrogens is 1. The molecule has 2 atom stereocenters. The number of para-hydroxylation sites is 1. The smallest absolute Gasteiger partial charge is 0.258 e. The predicted octanol–water partition coefficient (Wildman–Crippen LogP) is 2.74. The van der Waals surface area contributed by atoms with Gasteiger partial charge in [0, 0.05) is 25.4 Å². The Bertz CT molecular complexity index is 1020. The quantitative estimate of drug-likeness (QED) is 0.789. The Morgan fingerprint density at radius 1 is 1.17 bits per heavy atom. The molecule has 0 saturated carbocycles. The first-order valence-corrected chi connectivity index (χ1v) is 10.4. The molecule has 2 saturated heterocycles. The minimum Gasteiger partial charge on any atom is -0.334 e. The molecule has 2 fully saturated rings. The van der Waals surface area contributed by atoms with Crippen LogP contribution in [-0.2, 0) is 9.59 Å². The van der Waals surface area contributed by atoms with Crippen LogP contribution in [0.3, 0.4) is 0 Å².